The van der Waals surface area contributed by atoms with Gasteiger partial charge in [0.2, 0.25) is 0 Å². The number of primary amides is 1. The summed E-state index contributed by atoms with van der Waals surface area (Å²) in [6.07, 6.45) is 5.55. The largest absolute Gasteiger partial charge is 0.366 e. The second-order valence-electron chi connectivity index (χ2n) is 4.70. The van der Waals surface area contributed by atoms with Gasteiger partial charge in [0.1, 0.15) is 0 Å². The molecule has 6 heteroatoms. The van der Waals surface area contributed by atoms with Crippen LogP contribution in [0.5, 0.6) is 0 Å². The number of hydrogen-bond acceptors (Lipinski definition) is 4. The molecule has 0 aliphatic rings. The Balaban J connectivity index is 2.32. The zero-order chi connectivity index (χ0) is 14.0. The molecule has 1 atom stereocenters. The highest BCUT2D eigenvalue weighted by Crippen LogP contribution is 2.13. The van der Waals surface area contributed by atoms with E-state index in [1.54, 1.807) is 17.1 Å². The lowest BCUT2D eigenvalue weighted by atomic mass is 10.1. The molecule has 0 fully saturated rings. The van der Waals surface area contributed by atoms with Crippen molar-refractivity contribution in [2.24, 2.45) is 11.5 Å². The van der Waals surface area contributed by atoms with E-state index < -0.39 is 5.91 Å². The summed E-state index contributed by atoms with van der Waals surface area (Å²) in [7, 11) is 0. The normalized spacial score (nSPS) is 12.4. The molecule has 100 valence electrons. The molecule has 0 radical (unpaired) electrons. The molecule has 0 aliphatic carbocycles. The lowest BCUT2D eigenvalue weighted by Crippen LogP contribution is -2.18. The van der Waals surface area contributed by atoms with E-state index in [1.165, 1.54) is 6.20 Å². The first kappa shape index (κ1) is 13.2. The molecule has 1 amide bonds. The number of amides is 1. The highest BCUT2D eigenvalue weighted by Gasteiger charge is 2.09. The van der Waals surface area contributed by atoms with Crippen molar-refractivity contribution in [1.29, 1.82) is 0 Å². The Morgan fingerprint density at radius 2 is 2.21 bits per heavy atom. The fraction of sp³-hybridized carbons (Fsp3) is 0.308. The van der Waals surface area contributed by atoms with E-state index in [0.29, 0.717) is 11.4 Å². The van der Waals surface area contributed by atoms with Crippen LogP contribution in [0.15, 0.2) is 24.7 Å². The van der Waals surface area contributed by atoms with Crippen molar-refractivity contribution < 1.29 is 4.79 Å². The summed E-state index contributed by atoms with van der Waals surface area (Å²) in [6.45, 7) is 3.90. The summed E-state index contributed by atoms with van der Waals surface area (Å²) in [6, 6.07) is 2.12. The van der Waals surface area contributed by atoms with Crippen molar-refractivity contribution in [2.75, 3.05) is 0 Å². The van der Waals surface area contributed by atoms with Crippen molar-refractivity contribution in [1.82, 2.24) is 14.8 Å². The van der Waals surface area contributed by atoms with Crippen LogP contribution in [0.4, 0.5) is 0 Å². The maximum atomic E-state index is 11.0. The molecule has 6 nitrogen and oxygen atoms in total. The van der Waals surface area contributed by atoms with Crippen LogP contribution in [0, 0.1) is 6.92 Å². The summed E-state index contributed by atoms with van der Waals surface area (Å²) in [4.78, 5) is 15.4. The van der Waals surface area contributed by atoms with Gasteiger partial charge in [0.15, 0.2) is 5.82 Å². The Kier molecular flexibility index (Phi) is 3.62. The molecule has 0 aromatic carbocycles. The summed E-state index contributed by atoms with van der Waals surface area (Å²) in [5.41, 5.74) is 13.4. The van der Waals surface area contributed by atoms with Gasteiger partial charge < -0.3 is 11.5 Å². The van der Waals surface area contributed by atoms with E-state index in [0.717, 1.165) is 17.5 Å². The SMILES string of the molecule is Cc1cc(CC(C)N)cnc1-n1cc(C(N)=O)cn1. The first-order chi connectivity index (χ1) is 8.97. The second kappa shape index (κ2) is 5.19. The minimum Gasteiger partial charge on any atom is -0.366 e. The highest BCUT2D eigenvalue weighted by atomic mass is 16.1. The molecular formula is C13H17N5O. The third-order valence-corrected chi connectivity index (χ3v) is 2.75. The second-order valence-corrected chi connectivity index (χ2v) is 4.70. The van der Waals surface area contributed by atoms with Crippen LogP contribution in [0.1, 0.15) is 28.4 Å². The van der Waals surface area contributed by atoms with Crippen LogP contribution in [-0.4, -0.2) is 26.7 Å². The molecule has 2 rings (SSSR count). The van der Waals surface area contributed by atoms with Crippen molar-refractivity contribution >= 4 is 5.91 Å². The topological polar surface area (TPSA) is 99.8 Å². The Morgan fingerprint density at radius 1 is 1.47 bits per heavy atom. The van der Waals surface area contributed by atoms with Crippen LogP contribution in [-0.2, 0) is 6.42 Å². The highest BCUT2D eigenvalue weighted by molar-refractivity contribution is 5.92. The number of carbonyl (C=O) groups excluding carboxylic acids is 1. The Bertz CT molecular complexity index is 603. The van der Waals surface area contributed by atoms with Crippen LogP contribution < -0.4 is 11.5 Å². The molecule has 0 aliphatic heterocycles. The average molecular weight is 259 g/mol. The van der Waals surface area contributed by atoms with Crippen molar-refractivity contribution in [2.45, 2.75) is 26.3 Å². The quantitative estimate of drug-likeness (QED) is 0.838. The van der Waals surface area contributed by atoms with Crippen molar-refractivity contribution in [3.8, 4) is 5.82 Å². The van der Waals surface area contributed by atoms with E-state index in [2.05, 4.69) is 10.1 Å². The van der Waals surface area contributed by atoms with Gasteiger partial charge in [0.05, 0.1) is 11.8 Å². The zero-order valence-corrected chi connectivity index (χ0v) is 11.0. The Labute approximate surface area is 111 Å². The first-order valence-electron chi connectivity index (χ1n) is 6.03. The van der Waals surface area contributed by atoms with Gasteiger partial charge in [-0.05, 0) is 31.4 Å². The third-order valence-electron chi connectivity index (χ3n) is 2.75. The van der Waals surface area contributed by atoms with Crippen LogP contribution >= 0.6 is 0 Å². The van der Waals surface area contributed by atoms with Gasteiger partial charge in [0, 0.05) is 18.4 Å². The monoisotopic (exact) mass is 259 g/mol. The van der Waals surface area contributed by atoms with Gasteiger partial charge in [-0.2, -0.15) is 5.10 Å². The zero-order valence-electron chi connectivity index (χ0n) is 11.0. The van der Waals surface area contributed by atoms with Gasteiger partial charge in [-0.25, -0.2) is 9.67 Å². The fourth-order valence-corrected chi connectivity index (χ4v) is 1.91. The van der Waals surface area contributed by atoms with Gasteiger partial charge in [-0.15, -0.1) is 0 Å². The molecule has 1 unspecified atom stereocenters. The molecule has 4 N–H and O–H groups in total. The molecule has 2 heterocycles. The fourth-order valence-electron chi connectivity index (χ4n) is 1.91. The number of carbonyl (C=O) groups is 1. The number of nitrogens with zero attached hydrogens (tertiary/aromatic N) is 3. The van der Waals surface area contributed by atoms with Crippen molar-refractivity contribution in [3.05, 3.63) is 41.3 Å². The predicted molar refractivity (Wildman–Crippen MR) is 72.0 cm³/mol. The lowest BCUT2D eigenvalue weighted by molar-refractivity contribution is 0.100. The Hall–Kier alpha value is -2.21. The third kappa shape index (κ3) is 2.97. The number of pyridine rings is 1. The summed E-state index contributed by atoms with van der Waals surface area (Å²) in [5, 5.41) is 4.09. The number of rotatable bonds is 4. The molecule has 2 aromatic heterocycles. The predicted octanol–water partition coefficient (Wildman–Crippen LogP) is 0.564. The lowest BCUT2D eigenvalue weighted by Gasteiger charge is -2.09. The van der Waals surface area contributed by atoms with Gasteiger partial charge in [-0.3, -0.25) is 4.79 Å². The van der Waals surface area contributed by atoms with Gasteiger partial charge in [-0.1, -0.05) is 6.07 Å². The van der Waals surface area contributed by atoms with Crippen molar-refractivity contribution in [3.63, 3.8) is 0 Å². The molecule has 0 spiro atoms. The summed E-state index contributed by atoms with van der Waals surface area (Å²) < 4.78 is 1.55. The molecule has 0 bridgehead atoms. The minimum absolute atomic E-state index is 0.0956. The van der Waals surface area contributed by atoms with E-state index in [1.807, 2.05) is 19.9 Å². The number of hydrogen-bond donors (Lipinski definition) is 2. The molecular weight excluding hydrogens is 242 g/mol. The van der Waals surface area contributed by atoms with Crippen LogP contribution in [0.3, 0.4) is 0 Å². The standard InChI is InChI=1S/C13H17N5O/c1-8-3-10(4-9(2)14)5-16-13(8)18-7-11(6-17-18)12(15)19/h3,5-7,9H,4,14H2,1-2H3,(H2,15,19). The van der Waals surface area contributed by atoms with Crippen LogP contribution in [0.25, 0.3) is 5.82 Å². The molecule has 2 aromatic rings. The molecule has 19 heavy (non-hydrogen) atoms. The molecule has 0 saturated heterocycles. The maximum Gasteiger partial charge on any atom is 0.251 e. The van der Waals surface area contributed by atoms with Gasteiger partial charge in [0.25, 0.3) is 5.91 Å². The number of nitrogens with two attached hydrogens (primary N) is 2. The minimum atomic E-state index is -0.502. The van der Waals surface area contributed by atoms with Gasteiger partial charge >= 0.3 is 0 Å². The smallest absolute Gasteiger partial charge is 0.251 e. The average Bonchev–Trinajstić information content (AvgIpc) is 2.77. The summed E-state index contributed by atoms with van der Waals surface area (Å²) in [5.74, 6) is 0.179. The summed E-state index contributed by atoms with van der Waals surface area (Å²) >= 11 is 0. The van der Waals surface area contributed by atoms with E-state index in [4.69, 9.17) is 11.5 Å². The van der Waals surface area contributed by atoms with E-state index >= 15 is 0 Å². The van der Waals surface area contributed by atoms with E-state index in [9.17, 15) is 4.79 Å². The van der Waals surface area contributed by atoms with E-state index in [-0.39, 0.29) is 6.04 Å². The molecule has 0 saturated carbocycles. The first-order valence-corrected chi connectivity index (χ1v) is 6.03. The van der Waals surface area contributed by atoms with Crippen LogP contribution in [0.2, 0.25) is 0 Å². The Morgan fingerprint density at radius 3 is 2.74 bits per heavy atom. The maximum absolute atomic E-state index is 11.0. The number of aryl methyl sites for hydroxylation is 1. The number of aromatic nitrogens is 3.